The minimum Gasteiger partial charge on any atom is -0.311 e. The Labute approximate surface area is 205 Å². The fourth-order valence-corrected chi connectivity index (χ4v) is 5.72. The molecule has 1 aromatic heterocycles. The Balaban J connectivity index is 1.26. The van der Waals surface area contributed by atoms with Gasteiger partial charge in [-0.2, -0.15) is 0 Å². The molecule has 0 amide bonds. The predicted octanol–water partition coefficient (Wildman–Crippen LogP) is 9.07. The predicted molar refractivity (Wildman–Crippen MR) is 146 cm³/mol. The molecule has 0 bridgehead atoms. The Hall–Kier alpha value is -3.88. The van der Waals surface area contributed by atoms with E-state index in [1.54, 1.807) is 0 Å². The van der Waals surface area contributed by atoms with E-state index < -0.39 is 0 Å². The Morgan fingerprint density at radius 2 is 1.06 bits per heavy atom. The third kappa shape index (κ3) is 4.21. The molecule has 0 fully saturated rings. The van der Waals surface area contributed by atoms with Crippen LogP contribution in [0.2, 0.25) is 0 Å². The molecule has 5 aromatic rings. The molecular weight excluding hydrogens is 430 g/mol. The second kappa shape index (κ2) is 9.17. The maximum atomic E-state index is 2.38. The highest BCUT2D eigenvalue weighted by Gasteiger charge is 2.15. The molecule has 6 rings (SSSR count). The maximum absolute atomic E-state index is 2.38. The fourth-order valence-electron chi connectivity index (χ4n) is 4.72. The molecule has 0 radical (unpaired) electrons. The van der Waals surface area contributed by atoms with E-state index in [0.717, 1.165) is 29.9 Å². The smallest absolute Gasteiger partial charge is 0.0462 e. The summed E-state index contributed by atoms with van der Waals surface area (Å²) in [6.45, 7) is 0. The minimum absolute atomic E-state index is 1.08. The molecule has 1 aliphatic rings. The van der Waals surface area contributed by atoms with Crippen LogP contribution in [-0.2, 0) is 12.8 Å². The molecule has 1 aliphatic carbocycles. The van der Waals surface area contributed by atoms with Crippen molar-refractivity contribution in [2.45, 2.75) is 12.8 Å². The van der Waals surface area contributed by atoms with Crippen LogP contribution in [0.4, 0.5) is 17.1 Å². The van der Waals surface area contributed by atoms with Gasteiger partial charge in [0.1, 0.15) is 0 Å². The molecule has 0 atom stereocenters. The number of fused-ring (bicyclic) bond motifs is 1. The first kappa shape index (κ1) is 20.7. The van der Waals surface area contributed by atoms with Crippen LogP contribution < -0.4 is 4.90 Å². The molecule has 4 aromatic carbocycles. The summed E-state index contributed by atoms with van der Waals surface area (Å²) >= 11 is 1.87. The van der Waals surface area contributed by atoms with Crippen molar-refractivity contribution >= 4 is 34.5 Å². The van der Waals surface area contributed by atoms with Gasteiger partial charge in [0, 0.05) is 26.8 Å². The van der Waals surface area contributed by atoms with Crippen LogP contribution in [0.5, 0.6) is 0 Å². The Bertz CT molecular complexity index is 1360. The van der Waals surface area contributed by atoms with Gasteiger partial charge in [-0.3, -0.25) is 0 Å². The van der Waals surface area contributed by atoms with Gasteiger partial charge in [-0.05, 0) is 84.1 Å². The fraction of sp³-hybridized carbons (Fsp3) is 0.0625. The van der Waals surface area contributed by atoms with Gasteiger partial charge in [0.15, 0.2) is 0 Å². The zero-order valence-corrected chi connectivity index (χ0v) is 19.7. The van der Waals surface area contributed by atoms with Gasteiger partial charge >= 0.3 is 0 Å². The molecule has 34 heavy (non-hydrogen) atoms. The Morgan fingerprint density at radius 1 is 0.529 bits per heavy atom. The van der Waals surface area contributed by atoms with Crippen molar-refractivity contribution in [1.82, 2.24) is 0 Å². The van der Waals surface area contributed by atoms with E-state index in [4.69, 9.17) is 0 Å². The van der Waals surface area contributed by atoms with Crippen molar-refractivity contribution in [3.63, 3.8) is 0 Å². The molecular formula is C32H25NS. The first-order valence-corrected chi connectivity index (χ1v) is 12.5. The maximum Gasteiger partial charge on any atom is 0.0462 e. The number of hydrogen-bond donors (Lipinski definition) is 0. The second-order valence-electron chi connectivity index (χ2n) is 8.68. The average molecular weight is 456 g/mol. The number of rotatable bonds is 5. The van der Waals surface area contributed by atoms with Gasteiger partial charge in [0.2, 0.25) is 0 Å². The van der Waals surface area contributed by atoms with Gasteiger partial charge < -0.3 is 4.90 Å². The Morgan fingerprint density at radius 3 is 1.65 bits per heavy atom. The van der Waals surface area contributed by atoms with Gasteiger partial charge in [-0.25, -0.2) is 0 Å². The third-order valence-electron chi connectivity index (χ3n) is 6.37. The molecule has 0 saturated carbocycles. The SMILES string of the molecule is C(=C1Cc2ccccc2C1)c1ccc(-c2ccc(N(c3ccccc3)c3ccccc3)cc2)s1. The summed E-state index contributed by atoms with van der Waals surface area (Å²) in [6, 6.07) is 43.3. The molecule has 164 valence electrons. The lowest BCUT2D eigenvalue weighted by Gasteiger charge is -2.25. The number of nitrogens with zero attached hydrogens (tertiary/aromatic N) is 1. The van der Waals surface area contributed by atoms with Gasteiger partial charge in [-0.15, -0.1) is 11.3 Å². The molecule has 0 aliphatic heterocycles. The number of benzene rings is 4. The van der Waals surface area contributed by atoms with Crippen LogP contribution in [0.1, 0.15) is 16.0 Å². The van der Waals surface area contributed by atoms with Crippen LogP contribution in [-0.4, -0.2) is 0 Å². The summed E-state index contributed by atoms with van der Waals surface area (Å²) in [7, 11) is 0. The first-order chi connectivity index (χ1) is 16.8. The number of allylic oxidation sites excluding steroid dienone is 1. The summed E-state index contributed by atoms with van der Waals surface area (Å²) in [5.41, 5.74) is 9.18. The third-order valence-corrected chi connectivity index (χ3v) is 7.45. The van der Waals surface area contributed by atoms with Gasteiger partial charge in [0.25, 0.3) is 0 Å². The number of anilines is 3. The summed E-state index contributed by atoms with van der Waals surface area (Å²) < 4.78 is 0. The Kier molecular flexibility index (Phi) is 5.58. The van der Waals surface area contributed by atoms with E-state index in [9.17, 15) is 0 Å². The molecule has 0 spiro atoms. The first-order valence-electron chi connectivity index (χ1n) is 11.7. The summed E-state index contributed by atoms with van der Waals surface area (Å²) in [6.07, 6.45) is 4.54. The molecule has 0 N–H and O–H groups in total. The summed E-state index contributed by atoms with van der Waals surface area (Å²) in [4.78, 5) is 4.93. The minimum atomic E-state index is 1.08. The lowest BCUT2D eigenvalue weighted by atomic mass is 10.1. The number of hydrogen-bond acceptors (Lipinski definition) is 2. The normalized spacial score (nSPS) is 12.4. The van der Waals surface area contributed by atoms with Crippen molar-refractivity contribution in [2.75, 3.05) is 4.90 Å². The lowest BCUT2D eigenvalue weighted by molar-refractivity contribution is 1.19. The molecule has 0 saturated heterocycles. The highest BCUT2D eigenvalue weighted by Crippen LogP contribution is 2.37. The molecule has 1 nitrogen and oxygen atoms in total. The standard InChI is InChI=1S/C32H25NS/c1-3-11-28(12-4-1)33(29-13-5-2-6-14-29)30-17-15-25(16-18-30)32-20-19-31(34-32)23-24-21-26-9-7-8-10-27(26)22-24/h1-20,23H,21-22H2. The average Bonchev–Trinajstić information content (AvgIpc) is 3.53. The largest absolute Gasteiger partial charge is 0.311 e. The van der Waals surface area contributed by atoms with Crippen molar-refractivity contribution in [3.05, 3.63) is 143 Å². The monoisotopic (exact) mass is 455 g/mol. The van der Waals surface area contributed by atoms with Crippen molar-refractivity contribution < 1.29 is 0 Å². The zero-order valence-electron chi connectivity index (χ0n) is 18.9. The molecule has 2 heteroatoms. The van der Waals surface area contributed by atoms with Crippen LogP contribution in [0.3, 0.4) is 0 Å². The number of para-hydroxylation sites is 2. The summed E-state index contributed by atoms with van der Waals surface area (Å²) in [5, 5.41) is 0. The van der Waals surface area contributed by atoms with Crippen LogP contribution in [0.25, 0.3) is 16.5 Å². The van der Waals surface area contributed by atoms with Crippen molar-refractivity contribution in [3.8, 4) is 10.4 Å². The molecule has 0 unspecified atom stereocenters. The number of thiophene rings is 1. The zero-order chi connectivity index (χ0) is 22.7. The quantitative estimate of drug-likeness (QED) is 0.255. The van der Waals surface area contributed by atoms with E-state index in [-0.39, 0.29) is 0 Å². The van der Waals surface area contributed by atoms with E-state index in [1.165, 1.54) is 32.0 Å². The second-order valence-corrected chi connectivity index (χ2v) is 9.80. The lowest BCUT2D eigenvalue weighted by Crippen LogP contribution is -2.09. The van der Waals surface area contributed by atoms with E-state index in [0.29, 0.717) is 0 Å². The van der Waals surface area contributed by atoms with E-state index in [2.05, 4.69) is 132 Å². The van der Waals surface area contributed by atoms with Gasteiger partial charge in [0.05, 0.1) is 0 Å². The van der Waals surface area contributed by atoms with Gasteiger partial charge in [-0.1, -0.05) is 78.4 Å². The molecule has 1 heterocycles. The van der Waals surface area contributed by atoms with Crippen LogP contribution in [0.15, 0.2) is 127 Å². The van der Waals surface area contributed by atoms with Crippen molar-refractivity contribution in [2.24, 2.45) is 0 Å². The highest BCUT2D eigenvalue weighted by atomic mass is 32.1. The van der Waals surface area contributed by atoms with Crippen LogP contribution >= 0.6 is 11.3 Å². The van der Waals surface area contributed by atoms with E-state index in [1.807, 2.05) is 11.3 Å². The van der Waals surface area contributed by atoms with Crippen molar-refractivity contribution in [1.29, 1.82) is 0 Å². The highest BCUT2D eigenvalue weighted by molar-refractivity contribution is 7.16. The summed E-state index contributed by atoms with van der Waals surface area (Å²) in [5.74, 6) is 0. The van der Waals surface area contributed by atoms with E-state index >= 15 is 0 Å². The topological polar surface area (TPSA) is 3.24 Å². The van der Waals surface area contributed by atoms with Crippen LogP contribution in [0, 0.1) is 0 Å².